The van der Waals surface area contributed by atoms with Gasteiger partial charge in [0, 0.05) is 33.1 Å². The van der Waals surface area contributed by atoms with E-state index in [0.717, 1.165) is 29.0 Å². The molecule has 8 heteroatoms. The van der Waals surface area contributed by atoms with E-state index in [1.54, 1.807) is 0 Å². The van der Waals surface area contributed by atoms with E-state index >= 15 is 0 Å². The van der Waals surface area contributed by atoms with E-state index in [0.29, 0.717) is 32.5 Å². The maximum Gasteiger partial charge on any atom is 0.224 e. The average Bonchev–Trinajstić information content (AvgIpc) is 2.58. The van der Waals surface area contributed by atoms with Crippen molar-refractivity contribution < 1.29 is 4.79 Å². The Morgan fingerprint density at radius 3 is 2.37 bits per heavy atom. The molecule has 0 atom stereocenters. The first-order valence-electron chi connectivity index (χ1n) is 9.34. The van der Waals surface area contributed by atoms with E-state index in [2.05, 4.69) is 47.8 Å². The first-order valence-corrected chi connectivity index (χ1v) is 9.34. The Bertz CT molecular complexity index is 646. The minimum atomic E-state index is -0.0440. The highest BCUT2D eigenvalue weighted by Crippen LogP contribution is 2.36. The summed E-state index contributed by atoms with van der Waals surface area (Å²) >= 11 is 0. The fourth-order valence-corrected chi connectivity index (χ4v) is 2.58. The molecule has 1 rings (SSSR count). The normalized spacial score (nSPS) is 11.0. The highest BCUT2D eigenvalue weighted by Gasteiger charge is 2.19. The Labute approximate surface area is 162 Å². The molecule has 0 aliphatic heterocycles. The third-order valence-corrected chi connectivity index (χ3v) is 4.10. The van der Waals surface area contributed by atoms with Crippen LogP contribution < -0.4 is 33.2 Å². The van der Waals surface area contributed by atoms with Gasteiger partial charge in [-0.3, -0.25) is 9.79 Å². The zero-order valence-corrected chi connectivity index (χ0v) is 17.0. The van der Waals surface area contributed by atoms with Crippen LogP contribution in [0, 0.1) is 0 Å². The fourth-order valence-electron chi connectivity index (χ4n) is 2.58. The third kappa shape index (κ3) is 7.74. The number of unbranched alkanes of at least 4 members (excludes halogenated alkanes) is 1. The Morgan fingerprint density at radius 2 is 1.81 bits per heavy atom. The third-order valence-electron chi connectivity index (χ3n) is 4.10. The second-order valence-corrected chi connectivity index (χ2v) is 7.47. The van der Waals surface area contributed by atoms with Gasteiger partial charge in [0.15, 0.2) is 5.96 Å². The van der Waals surface area contributed by atoms with Crippen LogP contribution >= 0.6 is 0 Å². The largest absolute Gasteiger partial charge is 0.386 e. The number of carbonyl (C=O) groups excluding carboxylic acids is 1. The summed E-state index contributed by atoms with van der Waals surface area (Å²) in [5.41, 5.74) is 19.9. The van der Waals surface area contributed by atoms with E-state index in [9.17, 15) is 4.79 Å². The Balaban J connectivity index is 2.94. The van der Waals surface area contributed by atoms with E-state index in [4.69, 9.17) is 17.2 Å². The number of nitrogens with one attached hydrogen (secondary N) is 3. The number of nitrogens with zero attached hydrogens (tertiary/aromatic N) is 1. The number of hydrogen-bond donors (Lipinski definition) is 6. The van der Waals surface area contributed by atoms with Crippen LogP contribution in [0.25, 0.3) is 0 Å². The quantitative estimate of drug-likeness (QED) is 0.208. The fraction of sp³-hybridized carbons (Fsp3) is 0.579. The molecule has 0 saturated heterocycles. The van der Waals surface area contributed by atoms with Crippen LogP contribution in [-0.4, -0.2) is 38.5 Å². The summed E-state index contributed by atoms with van der Waals surface area (Å²) in [5.74, 6) is 0.0391. The number of benzene rings is 1. The number of rotatable bonds is 10. The van der Waals surface area contributed by atoms with Gasteiger partial charge >= 0.3 is 0 Å². The molecule has 0 fully saturated rings. The van der Waals surface area contributed by atoms with Crippen molar-refractivity contribution in [2.75, 3.05) is 42.6 Å². The van der Waals surface area contributed by atoms with Gasteiger partial charge in [0.05, 0.1) is 17.1 Å². The molecule has 1 aromatic rings. The zero-order chi connectivity index (χ0) is 20.4. The van der Waals surface area contributed by atoms with Gasteiger partial charge in [0.1, 0.15) is 0 Å². The standard InChI is InChI=1S/C19H35N7O/c1-19(2,3)13-11-14(23-4)17(24-10-8-20)15(12-13)26-16(27)7-5-6-9-25-18(21)22/h11-12,23-24H,5-10,20H2,1-4H3,(H,26,27)(H4,21,22,25). The van der Waals surface area contributed by atoms with Crippen LogP contribution in [0.1, 0.15) is 45.6 Å². The molecule has 0 spiro atoms. The minimum Gasteiger partial charge on any atom is -0.386 e. The number of nitrogens with two attached hydrogens (primary N) is 3. The van der Waals surface area contributed by atoms with Crippen molar-refractivity contribution in [3.8, 4) is 0 Å². The SMILES string of the molecule is CNc1cc(C(C)(C)C)cc(NC(=O)CCCCN=C(N)N)c1NCCN. The van der Waals surface area contributed by atoms with Crippen LogP contribution in [0.15, 0.2) is 17.1 Å². The molecule has 0 radical (unpaired) electrons. The molecular weight excluding hydrogens is 342 g/mol. The molecule has 1 amide bonds. The summed E-state index contributed by atoms with van der Waals surface area (Å²) < 4.78 is 0. The molecule has 1 aromatic carbocycles. The van der Waals surface area contributed by atoms with Gasteiger partial charge in [-0.1, -0.05) is 20.8 Å². The summed E-state index contributed by atoms with van der Waals surface area (Å²) in [6.45, 7) is 8.08. The molecular formula is C19H35N7O. The predicted octanol–water partition coefficient (Wildman–Crippen LogP) is 1.78. The first-order chi connectivity index (χ1) is 12.7. The number of guanidine groups is 1. The lowest BCUT2D eigenvalue weighted by atomic mass is 9.86. The van der Waals surface area contributed by atoms with Crippen molar-refractivity contribution >= 4 is 28.9 Å². The van der Waals surface area contributed by atoms with Crippen molar-refractivity contribution in [2.24, 2.45) is 22.2 Å². The van der Waals surface area contributed by atoms with Gasteiger partial charge in [-0.2, -0.15) is 0 Å². The summed E-state index contributed by atoms with van der Waals surface area (Å²) in [7, 11) is 1.87. The van der Waals surface area contributed by atoms with Crippen molar-refractivity contribution in [1.82, 2.24) is 0 Å². The van der Waals surface area contributed by atoms with Gasteiger partial charge in [0.2, 0.25) is 5.91 Å². The molecule has 0 unspecified atom stereocenters. The second-order valence-electron chi connectivity index (χ2n) is 7.47. The van der Waals surface area contributed by atoms with Crippen LogP contribution in [0.5, 0.6) is 0 Å². The van der Waals surface area contributed by atoms with Crippen LogP contribution in [-0.2, 0) is 10.2 Å². The number of carbonyl (C=O) groups is 1. The molecule has 0 aliphatic carbocycles. The molecule has 0 bridgehead atoms. The Morgan fingerprint density at radius 1 is 1.15 bits per heavy atom. The smallest absolute Gasteiger partial charge is 0.224 e. The van der Waals surface area contributed by atoms with Crippen molar-refractivity contribution in [1.29, 1.82) is 0 Å². The van der Waals surface area contributed by atoms with Crippen molar-refractivity contribution in [2.45, 2.75) is 45.4 Å². The van der Waals surface area contributed by atoms with Crippen molar-refractivity contribution in [3.63, 3.8) is 0 Å². The molecule has 9 N–H and O–H groups in total. The molecule has 152 valence electrons. The summed E-state index contributed by atoms with van der Waals surface area (Å²) in [4.78, 5) is 16.4. The highest BCUT2D eigenvalue weighted by molar-refractivity contribution is 5.97. The monoisotopic (exact) mass is 377 g/mol. The first kappa shape index (κ1) is 22.6. The van der Waals surface area contributed by atoms with Gasteiger partial charge in [-0.05, 0) is 36.0 Å². The number of aliphatic imine (C=N–C) groups is 1. The number of amides is 1. The highest BCUT2D eigenvalue weighted by atomic mass is 16.1. The van der Waals surface area contributed by atoms with Crippen LogP contribution in [0.4, 0.5) is 17.1 Å². The molecule has 0 aromatic heterocycles. The zero-order valence-electron chi connectivity index (χ0n) is 17.0. The van der Waals surface area contributed by atoms with Crippen molar-refractivity contribution in [3.05, 3.63) is 17.7 Å². The molecule has 0 saturated carbocycles. The summed E-state index contributed by atoms with van der Waals surface area (Å²) in [6.07, 6.45) is 1.88. The lowest BCUT2D eigenvalue weighted by molar-refractivity contribution is -0.116. The van der Waals surface area contributed by atoms with Gasteiger partial charge < -0.3 is 33.2 Å². The second kappa shape index (κ2) is 10.6. The van der Waals surface area contributed by atoms with Gasteiger partial charge in [0.25, 0.3) is 0 Å². The van der Waals surface area contributed by atoms with E-state index in [-0.39, 0.29) is 17.3 Å². The van der Waals surface area contributed by atoms with E-state index < -0.39 is 0 Å². The van der Waals surface area contributed by atoms with E-state index in [1.807, 2.05) is 13.1 Å². The summed E-state index contributed by atoms with van der Waals surface area (Å²) in [6, 6.07) is 4.13. The van der Waals surface area contributed by atoms with Gasteiger partial charge in [-0.25, -0.2) is 0 Å². The molecule has 8 nitrogen and oxygen atoms in total. The predicted molar refractivity (Wildman–Crippen MR) is 115 cm³/mol. The van der Waals surface area contributed by atoms with E-state index in [1.165, 1.54) is 0 Å². The molecule has 0 heterocycles. The van der Waals surface area contributed by atoms with Crippen LogP contribution in [0.3, 0.4) is 0 Å². The van der Waals surface area contributed by atoms with Crippen LogP contribution in [0.2, 0.25) is 0 Å². The Kier molecular flexibility index (Phi) is 8.87. The maximum atomic E-state index is 12.4. The lowest BCUT2D eigenvalue weighted by Crippen LogP contribution is -2.23. The minimum absolute atomic E-state index is 0.0383. The summed E-state index contributed by atoms with van der Waals surface area (Å²) in [5, 5.41) is 9.55. The number of anilines is 3. The van der Waals surface area contributed by atoms with Gasteiger partial charge in [-0.15, -0.1) is 0 Å². The maximum absolute atomic E-state index is 12.4. The average molecular weight is 378 g/mol. The Hall–Kier alpha value is -2.48. The number of hydrogen-bond acceptors (Lipinski definition) is 5. The lowest BCUT2D eigenvalue weighted by Gasteiger charge is -2.24. The molecule has 27 heavy (non-hydrogen) atoms. The molecule has 0 aliphatic rings. The topological polar surface area (TPSA) is 144 Å².